The van der Waals surface area contributed by atoms with Gasteiger partial charge in [0.2, 0.25) is 0 Å². The summed E-state index contributed by atoms with van der Waals surface area (Å²) in [5.74, 6) is -3.92. The summed E-state index contributed by atoms with van der Waals surface area (Å²) >= 11 is 1.41. The smallest absolute Gasteiger partial charge is 0.194 e. The molecular formula is C11H9ClF3NS. The molecular weight excluding hydrogens is 271 g/mol. The van der Waals surface area contributed by atoms with Gasteiger partial charge in [0.05, 0.1) is 6.04 Å². The number of nitrogens with two attached hydrogens (primary N) is 1. The van der Waals surface area contributed by atoms with Gasteiger partial charge >= 0.3 is 0 Å². The third-order valence-corrected chi connectivity index (χ3v) is 3.00. The van der Waals surface area contributed by atoms with Crippen molar-refractivity contribution in [1.29, 1.82) is 0 Å². The van der Waals surface area contributed by atoms with Gasteiger partial charge in [-0.3, -0.25) is 0 Å². The molecule has 1 atom stereocenters. The lowest BCUT2D eigenvalue weighted by Gasteiger charge is -2.12. The van der Waals surface area contributed by atoms with Crippen molar-refractivity contribution in [1.82, 2.24) is 0 Å². The van der Waals surface area contributed by atoms with E-state index in [9.17, 15) is 13.2 Å². The number of rotatable bonds is 2. The van der Waals surface area contributed by atoms with E-state index in [1.54, 1.807) is 16.8 Å². The fraction of sp³-hybridized carbons (Fsp3) is 0.0909. The summed E-state index contributed by atoms with van der Waals surface area (Å²) in [7, 11) is 0. The Balaban J connectivity index is 0.00000144. The second-order valence-corrected chi connectivity index (χ2v) is 4.08. The molecule has 2 N–H and O–H groups in total. The summed E-state index contributed by atoms with van der Waals surface area (Å²) in [5, 5.41) is 3.53. The van der Waals surface area contributed by atoms with E-state index >= 15 is 0 Å². The third kappa shape index (κ3) is 2.62. The van der Waals surface area contributed by atoms with Crippen molar-refractivity contribution in [2.24, 2.45) is 5.73 Å². The maximum absolute atomic E-state index is 13.4. The first-order valence-electron chi connectivity index (χ1n) is 4.52. The predicted octanol–water partition coefficient (Wildman–Crippen LogP) is 3.64. The first-order chi connectivity index (χ1) is 7.61. The van der Waals surface area contributed by atoms with Crippen LogP contribution in [-0.2, 0) is 0 Å². The minimum atomic E-state index is -1.48. The molecule has 1 heterocycles. The zero-order chi connectivity index (χ0) is 11.7. The zero-order valence-corrected chi connectivity index (χ0v) is 10.1. The lowest BCUT2D eigenvalue weighted by molar-refractivity contribution is 0.438. The first kappa shape index (κ1) is 14.0. The molecule has 0 aliphatic rings. The summed E-state index contributed by atoms with van der Waals surface area (Å²) in [6.07, 6.45) is 0. The number of hydrogen-bond donors (Lipinski definition) is 1. The highest BCUT2D eigenvalue weighted by atomic mass is 35.5. The van der Waals surface area contributed by atoms with E-state index in [1.165, 1.54) is 11.3 Å². The van der Waals surface area contributed by atoms with E-state index in [0.29, 0.717) is 5.56 Å². The fourth-order valence-corrected chi connectivity index (χ4v) is 2.11. The maximum atomic E-state index is 13.4. The van der Waals surface area contributed by atoms with Gasteiger partial charge < -0.3 is 5.73 Å². The second kappa shape index (κ2) is 5.53. The zero-order valence-electron chi connectivity index (χ0n) is 8.49. The highest BCUT2D eigenvalue weighted by molar-refractivity contribution is 7.08. The highest BCUT2D eigenvalue weighted by Crippen LogP contribution is 2.26. The summed E-state index contributed by atoms with van der Waals surface area (Å²) in [5.41, 5.74) is 6.39. The molecule has 2 rings (SSSR count). The van der Waals surface area contributed by atoms with Crippen LogP contribution in [0.1, 0.15) is 17.2 Å². The quantitative estimate of drug-likeness (QED) is 0.835. The molecule has 0 unspecified atom stereocenters. The van der Waals surface area contributed by atoms with E-state index < -0.39 is 23.5 Å². The van der Waals surface area contributed by atoms with E-state index in [4.69, 9.17) is 5.73 Å². The molecule has 0 radical (unpaired) electrons. The van der Waals surface area contributed by atoms with Gasteiger partial charge in [0.25, 0.3) is 0 Å². The Morgan fingerprint density at radius 3 is 2.35 bits per heavy atom. The maximum Gasteiger partial charge on any atom is 0.194 e. The van der Waals surface area contributed by atoms with Gasteiger partial charge in [-0.05, 0) is 28.5 Å². The molecule has 0 aliphatic carbocycles. The molecule has 0 aliphatic heterocycles. The summed E-state index contributed by atoms with van der Waals surface area (Å²) < 4.78 is 39.1. The fourth-order valence-electron chi connectivity index (χ4n) is 1.41. The number of benzene rings is 1. The second-order valence-electron chi connectivity index (χ2n) is 3.30. The number of halogens is 4. The average Bonchev–Trinajstić information content (AvgIpc) is 2.79. The highest BCUT2D eigenvalue weighted by Gasteiger charge is 2.19. The van der Waals surface area contributed by atoms with Gasteiger partial charge in [-0.1, -0.05) is 6.07 Å². The Bertz CT molecular complexity index is 502. The molecule has 2 aromatic rings. The van der Waals surface area contributed by atoms with Crippen LogP contribution in [0.25, 0.3) is 0 Å². The molecule has 0 bridgehead atoms. The largest absolute Gasteiger partial charge is 0.320 e. The van der Waals surface area contributed by atoms with Crippen molar-refractivity contribution in [3.63, 3.8) is 0 Å². The SMILES string of the molecule is Cl.N[C@H](c1ccsc1)c1ccc(F)c(F)c1F. The van der Waals surface area contributed by atoms with Crippen molar-refractivity contribution in [3.05, 3.63) is 57.5 Å². The minimum absolute atomic E-state index is 0. The van der Waals surface area contributed by atoms with Gasteiger partial charge in [-0.25, -0.2) is 13.2 Å². The van der Waals surface area contributed by atoms with E-state index in [0.717, 1.165) is 12.1 Å². The van der Waals surface area contributed by atoms with Crippen LogP contribution in [-0.4, -0.2) is 0 Å². The van der Waals surface area contributed by atoms with Crippen molar-refractivity contribution >= 4 is 23.7 Å². The molecule has 0 saturated heterocycles. The number of thiophene rings is 1. The first-order valence-corrected chi connectivity index (χ1v) is 5.46. The minimum Gasteiger partial charge on any atom is -0.320 e. The predicted molar refractivity (Wildman–Crippen MR) is 63.9 cm³/mol. The van der Waals surface area contributed by atoms with Crippen LogP contribution < -0.4 is 5.73 Å². The van der Waals surface area contributed by atoms with Crippen LogP contribution in [0.3, 0.4) is 0 Å². The summed E-state index contributed by atoms with van der Waals surface area (Å²) in [4.78, 5) is 0. The normalized spacial score (nSPS) is 12.0. The van der Waals surface area contributed by atoms with Gasteiger partial charge in [0.1, 0.15) is 0 Å². The van der Waals surface area contributed by atoms with E-state index in [1.807, 2.05) is 0 Å². The molecule has 1 aromatic carbocycles. The van der Waals surface area contributed by atoms with Crippen molar-refractivity contribution < 1.29 is 13.2 Å². The molecule has 0 spiro atoms. The van der Waals surface area contributed by atoms with Gasteiger partial charge in [0, 0.05) is 5.56 Å². The van der Waals surface area contributed by atoms with Crippen LogP contribution in [0.2, 0.25) is 0 Å². The lowest BCUT2D eigenvalue weighted by atomic mass is 10.0. The Morgan fingerprint density at radius 1 is 1.06 bits per heavy atom. The van der Waals surface area contributed by atoms with Gasteiger partial charge in [-0.2, -0.15) is 11.3 Å². The Hall–Kier alpha value is -1.04. The van der Waals surface area contributed by atoms with Crippen LogP contribution in [0, 0.1) is 17.5 Å². The topological polar surface area (TPSA) is 26.0 Å². The van der Waals surface area contributed by atoms with Crippen LogP contribution in [0.4, 0.5) is 13.2 Å². The van der Waals surface area contributed by atoms with Crippen molar-refractivity contribution in [3.8, 4) is 0 Å². The lowest BCUT2D eigenvalue weighted by Crippen LogP contribution is -2.14. The molecule has 92 valence electrons. The summed E-state index contributed by atoms with van der Waals surface area (Å²) in [6.45, 7) is 0. The van der Waals surface area contributed by atoms with Crippen LogP contribution in [0.15, 0.2) is 29.0 Å². The van der Waals surface area contributed by atoms with Crippen molar-refractivity contribution in [2.75, 3.05) is 0 Å². The van der Waals surface area contributed by atoms with Gasteiger partial charge in [0.15, 0.2) is 17.5 Å². The Kier molecular flexibility index (Phi) is 4.56. The third-order valence-electron chi connectivity index (χ3n) is 2.30. The molecule has 0 fully saturated rings. The van der Waals surface area contributed by atoms with Crippen LogP contribution >= 0.6 is 23.7 Å². The van der Waals surface area contributed by atoms with E-state index in [-0.39, 0.29) is 18.0 Å². The Morgan fingerprint density at radius 2 is 1.76 bits per heavy atom. The summed E-state index contributed by atoms with van der Waals surface area (Å²) in [6, 6.07) is 2.98. The number of hydrogen-bond acceptors (Lipinski definition) is 2. The molecule has 6 heteroatoms. The Labute approximate surface area is 106 Å². The molecule has 1 aromatic heterocycles. The molecule has 0 saturated carbocycles. The molecule has 0 amide bonds. The van der Waals surface area contributed by atoms with Crippen molar-refractivity contribution in [2.45, 2.75) is 6.04 Å². The van der Waals surface area contributed by atoms with E-state index in [2.05, 4.69) is 0 Å². The van der Waals surface area contributed by atoms with Gasteiger partial charge in [-0.15, -0.1) is 12.4 Å². The average molecular weight is 280 g/mol. The standard InChI is InChI=1S/C11H8F3NS.ClH/c12-8-2-1-7(9(13)10(8)14)11(15)6-3-4-16-5-6;/h1-5,11H,15H2;1H/t11-;/m1./s1. The van der Waals surface area contributed by atoms with Crippen LogP contribution in [0.5, 0.6) is 0 Å². The monoisotopic (exact) mass is 279 g/mol. The molecule has 1 nitrogen and oxygen atoms in total. The molecule has 17 heavy (non-hydrogen) atoms.